The van der Waals surface area contributed by atoms with Crippen LogP contribution in [0.1, 0.15) is 22.3 Å². The molecule has 9 aromatic carbocycles. The molecule has 0 fully saturated rings. The molecule has 11 aromatic rings. The summed E-state index contributed by atoms with van der Waals surface area (Å²) in [5, 5.41) is 3.57. The van der Waals surface area contributed by atoms with Crippen LogP contribution < -0.4 is 0 Å². The summed E-state index contributed by atoms with van der Waals surface area (Å²) >= 11 is 0. The normalized spacial score (nSPS) is 13.1. The van der Waals surface area contributed by atoms with E-state index in [1.807, 2.05) is 0 Å². The van der Waals surface area contributed by atoms with Crippen LogP contribution in [0.4, 0.5) is 0 Å². The Kier molecular flexibility index (Phi) is 6.93. The maximum absolute atomic E-state index is 5.24. The number of nitrogens with zero attached hydrogens (tertiary/aromatic N) is 3. The van der Waals surface area contributed by atoms with E-state index in [9.17, 15) is 0 Å². The molecule has 0 radical (unpaired) electrons. The Morgan fingerprint density at radius 3 is 1.83 bits per heavy atom. The Labute approximate surface area is 347 Å². The van der Waals surface area contributed by atoms with Crippen LogP contribution >= 0.6 is 0 Å². The fourth-order valence-electron chi connectivity index (χ4n) is 10.5. The van der Waals surface area contributed by atoms with E-state index in [1.165, 1.54) is 72.0 Å². The van der Waals surface area contributed by atoms with Gasteiger partial charge in [0.2, 0.25) is 0 Å². The maximum atomic E-state index is 5.24. The number of rotatable bonds is 5. The molecule has 0 amide bonds. The summed E-state index contributed by atoms with van der Waals surface area (Å²) in [5.74, 6) is 0.733. The van der Waals surface area contributed by atoms with Gasteiger partial charge in [-0.15, -0.1) is 0 Å². The second-order valence-corrected chi connectivity index (χ2v) is 16.1. The highest BCUT2D eigenvalue weighted by Gasteiger charge is 2.46. The number of para-hydroxylation sites is 1. The van der Waals surface area contributed by atoms with Crippen LogP contribution in [0.25, 0.3) is 94.4 Å². The van der Waals surface area contributed by atoms with Crippen molar-refractivity contribution in [1.29, 1.82) is 0 Å². The fraction of sp³-hybridized carbons (Fsp3) is 0.0175. The Morgan fingerprint density at radius 2 is 1.00 bits per heavy atom. The van der Waals surface area contributed by atoms with Gasteiger partial charge in [0.25, 0.3) is 0 Å². The largest absolute Gasteiger partial charge is 0.309 e. The van der Waals surface area contributed by atoms with Gasteiger partial charge in [-0.1, -0.05) is 170 Å². The van der Waals surface area contributed by atoms with Gasteiger partial charge >= 0.3 is 0 Å². The highest BCUT2D eigenvalue weighted by molar-refractivity contribution is 6.13. The van der Waals surface area contributed by atoms with Crippen LogP contribution in [0.2, 0.25) is 0 Å². The average molecular weight is 762 g/mol. The molecule has 0 spiro atoms. The van der Waals surface area contributed by atoms with Gasteiger partial charge in [0.1, 0.15) is 0 Å². The molecule has 0 saturated carbocycles. The Morgan fingerprint density at radius 1 is 0.367 bits per heavy atom. The highest BCUT2D eigenvalue weighted by Crippen LogP contribution is 2.57. The summed E-state index contributed by atoms with van der Waals surface area (Å²) in [6, 6.07) is 77.5. The van der Waals surface area contributed by atoms with E-state index in [-0.39, 0.29) is 0 Å². The van der Waals surface area contributed by atoms with Crippen LogP contribution in [0, 0.1) is 0 Å². The van der Waals surface area contributed by atoms with Gasteiger partial charge in [0, 0.05) is 33.0 Å². The van der Waals surface area contributed by atoms with Crippen LogP contribution in [0.5, 0.6) is 0 Å². The Balaban J connectivity index is 0.969. The minimum atomic E-state index is -0.450. The van der Waals surface area contributed by atoms with Gasteiger partial charge in [-0.25, -0.2) is 9.97 Å². The zero-order chi connectivity index (χ0) is 39.4. The molecule has 60 heavy (non-hydrogen) atoms. The lowest BCUT2D eigenvalue weighted by Gasteiger charge is -2.34. The first-order valence-corrected chi connectivity index (χ1v) is 20.7. The van der Waals surface area contributed by atoms with Crippen molar-refractivity contribution in [3.63, 3.8) is 0 Å². The number of hydrogen-bond donors (Lipinski definition) is 0. The quantitative estimate of drug-likeness (QED) is 0.175. The highest BCUT2D eigenvalue weighted by atomic mass is 15.0. The molecule has 2 aliphatic rings. The second kappa shape index (κ2) is 12.6. The topological polar surface area (TPSA) is 30.7 Å². The molecule has 13 rings (SSSR count). The van der Waals surface area contributed by atoms with Gasteiger partial charge in [-0.05, 0) is 98.1 Å². The SMILES string of the molecule is c1ccc(C2(c3ccccc3)c3ccccc3-c3ccc(-c4ccc5c(c4)c4ccccc4n5-c4cccc(-c5nc6c7c(cccc7n5)-c5ccccc5-6)c4)cc32)cc1. The molecule has 0 unspecified atom stereocenters. The van der Waals surface area contributed by atoms with Crippen molar-refractivity contribution in [3.8, 4) is 61.7 Å². The molecule has 0 N–H and O–H groups in total. The van der Waals surface area contributed by atoms with Gasteiger partial charge in [-0.2, -0.15) is 0 Å². The second-order valence-electron chi connectivity index (χ2n) is 16.1. The molecule has 278 valence electrons. The summed E-state index contributed by atoms with van der Waals surface area (Å²) in [6.07, 6.45) is 0. The number of benzene rings is 9. The monoisotopic (exact) mass is 761 g/mol. The number of fused-ring (bicyclic) bond motifs is 9. The van der Waals surface area contributed by atoms with E-state index in [2.05, 4.69) is 217 Å². The Bertz CT molecular complexity index is 3500. The van der Waals surface area contributed by atoms with Crippen molar-refractivity contribution in [2.24, 2.45) is 0 Å². The third-order valence-corrected chi connectivity index (χ3v) is 13.0. The average Bonchev–Trinajstić information content (AvgIpc) is 3.94. The fourth-order valence-corrected chi connectivity index (χ4v) is 10.5. The van der Waals surface area contributed by atoms with Crippen LogP contribution in [0.3, 0.4) is 0 Å². The van der Waals surface area contributed by atoms with Gasteiger partial charge in [-0.3, -0.25) is 0 Å². The standard InChI is InChI=1S/C57H35N3/c1-3-16-39(17-4-1)57(40-18-5-2-6-19-40)49-26-11-9-22-43(49)44-31-29-37(35-50(44)57)36-30-32-53-48(34-36)45-23-10-12-28-52(45)60(53)41-20-13-15-38(33-41)56-58-51-27-14-25-46-42-21-7-8-24-47(42)55(59-56)54(46)51/h1-35H. The smallest absolute Gasteiger partial charge is 0.160 e. The minimum Gasteiger partial charge on any atom is -0.309 e. The van der Waals surface area contributed by atoms with Crippen molar-refractivity contribution in [2.45, 2.75) is 5.41 Å². The van der Waals surface area contributed by atoms with Crippen LogP contribution in [-0.2, 0) is 5.41 Å². The third-order valence-electron chi connectivity index (χ3n) is 13.0. The molecule has 3 nitrogen and oxygen atoms in total. The van der Waals surface area contributed by atoms with Crippen molar-refractivity contribution in [3.05, 3.63) is 235 Å². The van der Waals surface area contributed by atoms with E-state index < -0.39 is 5.41 Å². The van der Waals surface area contributed by atoms with Crippen molar-refractivity contribution in [1.82, 2.24) is 14.5 Å². The molecule has 2 aromatic heterocycles. The van der Waals surface area contributed by atoms with E-state index in [1.54, 1.807) is 0 Å². The molecule has 0 aliphatic heterocycles. The lowest BCUT2D eigenvalue weighted by atomic mass is 9.67. The van der Waals surface area contributed by atoms with Gasteiger partial charge in [0.15, 0.2) is 5.82 Å². The Hall–Kier alpha value is -7.88. The third kappa shape index (κ3) is 4.54. The molecular weight excluding hydrogens is 727 g/mol. The van der Waals surface area contributed by atoms with Crippen LogP contribution in [-0.4, -0.2) is 14.5 Å². The first-order chi connectivity index (χ1) is 29.8. The van der Waals surface area contributed by atoms with Crippen molar-refractivity contribution < 1.29 is 0 Å². The summed E-state index contributed by atoms with van der Waals surface area (Å²) in [4.78, 5) is 10.4. The van der Waals surface area contributed by atoms with Crippen molar-refractivity contribution in [2.75, 3.05) is 0 Å². The minimum absolute atomic E-state index is 0.450. The van der Waals surface area contributed by atoms with Gasteiger partial charge in [0.05, 0.1) is 27.7 Å². The molecule has 0 atom stereocenters. The van der Waals surface area contributed by atoms with E-state index in [0.717, 1.165) is 44.7 Å². The summed E-state index contributed by atoms with van der Waals surface area (Å²) < 4.78 is 2.39. The predicted octanol–water partition coefficient (Wildman–Crippen LogP) is 14.1. The first kappa shape index (κ1) is 33.1. The summed E-state index contributed by atoms with van der Waals surface area (Å²) in [6.45, 7) is 0. The lowest BCUT2D eigenvalue weighted by molar-refractivity contribution is 0.769. The molecule has 2 aliphatic carbocycles. The zero-order valence-corrected chi connectivity index (χ0v) is 32.5. The summed E-state index contributed by atoms with van der Waals surface area (Å²) in [7, 11) is 0. The molecular formula is C57H35N3. The number of aromatic nitrogens is 3. The molecule has 3 heteroatoms. The van der Waals surface area contributed by atoms with E-state index >= 15 is 0 Å². The zero-order valence-electron chi connectivity index (χ0n) is 32.5. The molecule has 2 heterocycles. The predicted molar refractivity (Wildman–Crippen MR) is 246 cm³/mol. The lowest BCUT2D eigenvalue weighted by Crippen LogP contribution is -2.28. The van der Waals surface area contributed by atoms with Crippen LogP contribution in [0.15, 0.2) is 212 Å². The summed E-state index contributed by atoms with van der Waals surface area (Å²) in [5.41, 5.74) is 19.7. The van der Waals surface area contributed by atoms with Gasteiger partial charge < -0.3 is 4.57 Å². The van der Waals surface area contributed by atoms with E-state index in [4.69, 9.17) is 9.97 Å². The molecule has 0 bridgehead atoms. The van der Waals surface area contributed by atoms with E-state index in [0.29, 0.717) is 0 Å². The van der Waals surface area contributed by atoms with Crippen molar-refractivity contribution >= 4 is 32.7 Å². The first-order valence-electron chi connectivity index (χ1n) is 20.7. The molecule has 0 saturated heterocycles. The maximum Gasteiger partial charge on any atom is 0.160 e. The number of hydrogen-bond acceptors (Lipinski definition) is 2.